The summed E-state index contributed by atoms with van der Waals surface area (Å²) >= 11 is -2.21. The highest BCUT2D eigenvalue weighted by atomic mass is 32.2. The minimum atomic E-state index is -2.21. The maximum Gasteiger partial charge on any atom is 0.335 e. The first kappa shape index (κ1) is 12.3. The van der Waals surface area contributed by atoms with Crippen molar-refractivity contribution in [3.05, 3.63) is 39.4 Å². The zero-order chi connectivity index (χ0) is 12.3. The van der Waals surface area contributed by atoms with Crippen LogP contribution in [0.1, 0.15) is 15.9 Å². The van der Waals surface area contributed by atoms with Crippen molar-refractivity contribution in [2.24, 2.45) is 0 Å². The van der Waals surface area contributed by atoms with E-state index in [1.54, 1.807) is 0 Å². The molecule has 1 aromatic carbocycles. The van der Waals surface area contributed by atoms with Crippen LogP contribution in [0.4, 0.5) is 5.69 Å². The van der Waals surface area contributed by atoms with Crippen LogP contribution < -0.4 is 0 Å². The molecule has 1 aromatic rings. The molecule has 86 valence electrons. The molecule has 2 N–H and O–H groups in total. The second kappa shape index (κ2) is 4.81. The number of rotatable bonds is 4. The summed E-state index contributed by atoms with van der Waals surface area (Å²) in [5, 5.41) is 19.2. The van der Waals surface area contributed by atoms with Gasteiger partial charge in [-0.05, 0) is 6.07 Å². The molecule has 1 unspecified atom stereocenters. The molecule has 0 radical (unpaired) electrons. The third kappa shape index (κ3) is 2.84. The minimum Gasteiger partial charge on any atom is -0.478 e. The Hall–Kier alpha value is -1.80. The molecule has 0 spiro atoms. The molecule has 0 amide bonds. The van der Waals surface area contributed by atoms with Gasteiger partial charge in [-0.1, -0.05) is 6.07 Å². The van der Waals surface area contributed by atoms with Crippen LogP contribution in [0.25, 0.3) is 0 Å². The Balaban J connectivity index is 3.24. The number of carboxylic acid groups (broad SMARTS) is 1. The number of nitro groups is 1. The van der Waals surface area contributed by atoms with Gasteiger partial charge in [0.05, 0.1) is 16.2 Å². The van der Waals surface area contributed by atoms with E-state index < -0.39 is 33.4 Å². The molecule has 0 bridgehead atoms. The molecule has 0 fully saturated rings. The average molecular weight is 245 g/mol. The van der Waals surface area contributed by atoms with E-state index in [0.29, 0.717) is 0 Å². The van der Waals surface area contributed by atoms with Gasteiger partial charge in [0.25, 0.3) is 5.69 Å². The Labute approximate surface area is 92.1 Å². The fourth-order valence-corrected chi connectivity index (χ4v) is 1.63. The van der Waals surface area contributed by atoms with E-state index in [2.05, 4.69) is 0 Å². The molecule has 0 aliphatic rings. The first-order valence-corrected chi connectivity index (χ1v) is 5.27. The first-order chi connectivity index (χ1) is 7.41. The lowest BCUT2D eigenvalue weighted by atomic mass is 10.1. The van der Waals surface area contributed by atoms with E-state index in [1.165, 1.54) is 0 Å². The van der Waals surface area contributed by atoms with Gasteiger partial charge in [0.2, 0.25) is 0 Å². The number of aromatic carboxylic acids is 1. The number of nitrogens with zero attached hydrogens (tertiary/aromatic N) is 1. The molecule has 1 atom stereocenters. The van der Waals surface area contributed by atoms with Crippen LogP contribution in [-0.2, 0) is 16.8 Å². The molecule has 1 rings (SSSR count). The number of carboxylic acids is 1. The van der Waals surface area contributed by atoms with Crippen molar-refractivity contribution < 1.29 is 23.6 Å². The van der Waals surface area contributed by atoms with Gasteiger partial charge in [-0.2, -0.15) is 0 Å². The molecule has 8 heteroatoms. The third-order valence-electron chi connectivity index (χ3n) is 1.81. The standard InChI is InChI=1S/C8H7NO6S/c10-8(11)5-1-2-6(4-16(14)15)7(3-5)9(12)13/h1-3H,4H2,(H,10,11)(H,14,15). The van der Waals surface area contributed by atoms with Gasteiger partial charge in [-0.15, -0.1) is 0 Å². The third-order valence-corrected chi connectivity index (χ3v) is 2.37. The fraction of sp³-hybridized carbons (Fsp3) is 0.125. The van der Waals surface area contributed by atoms with Crippen molar-refractivity contribution in [3.63, 3.8) is 0 Å². The van der Waals surface area contributed by atoms with Gasteiger partial charge in [0, 0.05) is 11.6 Å². The zero-order valence-corrected chi connectivity index (χ0v) is 8.64. The highest BCUT2D eigenvalue weighted by Gasteiger charge is 2.18. The van der Waals surface area contributed by atoms with E-state index in [4.69, 9.17) is 9.66 Å². The number of nitro benzene ring substituents is 1. The zero-order valence-electron chi connectivity index (χ0n) is 7.82. The van der Waals surface area contributed by atoms with Crippen LogP contribution in [-0.4, -0.2) is 24.8 Å². The van der Waals surface area contributed by atoms with Crippen LogP contribution in [0.2, 0.25) is 0 Å². The van der Waals surface area contributed by atoms with Gasteiger partial charge < -0.3 is 9.66 Å². The van der Waals surface area contributed by atoms with E-state index in [0.717, 1.165) is 18.2 Å². The Kier molecular flexibility index (Phi) is 3.69. The van der Waals surface area contributed by atoms with Crippen molar-refractivity contribution in [2.75, 3.05) is 0 Å². The Morgan fingerprint density at radius 2 is 2.12 bits per heavy atom. The molecular weight excluding hydrogens is 238 g/mol. The van der Waals surface area contributed by atoms with E-state index in [-0.39, 0.29) is 11.1 Å². The van der Waals surface area contributed by atoms with Gasteiger partial charge in [0.15, 0.2) is 11.1 Å². The van der Waals surface area contributed by atoms with Gasteiger partial charge in [0.1, 0.15) is 0 Å². The number of hydrogen-bond donors (Lipinski definition) is 2. The summed E-state index contributed by atoms with van der Waals surface area (Å²) in [4.78, 5) is 20.4. The van der Waals surface area contributed by atoms with Crippen LogP contribution in [0.3, 0.4) is 0 Å². The van der Waals surface area contributed by atoms with Gasteiger partial charge >= 0.3 is 5.97 Å². The highest BCUT2D eigenvalue weighted by Crippen LogP contribution is 2.21. The van der Waals surface area contributed by atoms with E-state index >= 15 is 0 Å². The molecule has 7 nitrogen and oxygen atoms in total. The SMILES string of the molecule is O=C(O)c1ccc(CS(=O)O)c([N+](=O)[O-])c1. The van der Waals surface area contributed by atoms with Crippen molar-refractivity contribution in [1.29, 1.82) is 0 Å². The van der Waals surface area contributed by atoms with E-state index in [9.17, 15) is 19.1 Å². The maximum absolute atomic E-state index is 10.6. The summed E-state index contributed by atoms with van der Waals surface area (Å²) in [6.07, 6.45) is 0. The van der Waals surface area contributed by atoms with Crippen molar-refractivity contribution >= 4 is 22.7 Å². The molecular formula is C8H7NO6S. The number of hydrogen-bond acceptors (Lipinski definition) is 4. The summed E-state index contributed by atoms with van der Waals surface area (Å²) < 4.78 is 19.2. The Morgan fingerprint density at radius 1 is 1.50 bits per heavy atom. The maximum atomic E-state index is 10.6. The molecule has 0 saturated carbocycles. The van der Waals surface area contributed by atoms with Crippen LogP contribution in [0.5, 0.6) is 0 Å². The largest absolute Gasteiger partial charge is 0.478 e. The highest BCUT2D eigenvalue weighted by molar-refractivity contribution is 7.78. The Bertz CT molecular complexity index is 472. The van der Waals surface area contributed by atoms with Crippen molar-refractivity contribution in [1.82, 2.24) is 0 Å². The lowest BCUT2D eigenvalue weighted by Crippen LogP contribution is -2.03. The summed E-state index contributed by atoms with van der Waals surface area (Å²) in [5.41, 5.74) is -0.683. The second-order valence-electron chi connectivity index (χ2n) is 2.87. The first-order valence-electron chi connectivity index (χ1n) is 4.00. The number of carbonyl (C=O) groups is 1. The van der Waals surface area contributed by atoms with Crippen molar-refractivity contribution in [3.8, 4) is 0 Å². The van der Waals surface area contributed by atoms with E-state index in [1.807, 2.05) is 0 Å². The molecule has 0 heterocycles. The predicted molar refractivity (Wildman–Crippen MR) is 54.5 cm³/mol. The summed E-state index contributed by atoms with van der Waals surface area (Å²) in [6, 6.07) is 3.18. The molecule has 0 aromatic heterocycles. The quantitative estimate of drug-likeness (QED) is 0.464. The number of benzene rings is 1. The normalized spacial score (nSPS) is 12.1. The molecule has 16 heavy (non-hydrogen) atoms. The molecule has 0 aliphatic heterocycles. The summed E-state index contributed by atoms with van der Waals surface area (Å²) in [6.45, 7) is 0. The van der Waals surface area contributed by atoms with Gasteiger partial charge in [-0.3, -0.25) is 10.1 Å². The van der Waals surface area contributed by atoms with Crippen LogP contribution >= 0.6 is 0 Å². The second-order valence-corrected chi connectivity index (χ2v) is 3.80. The molecule has 0 aliphatic carbocycles. The van der Waals surface area contributed by atoms with Crippen LogP contribution in [0, 0.1) is 10.1 Å². The average Bonchev–Trinajstić information content (AvgIpc) is 2.16. The van der Waals surface area contributed by atoms with Gasteiger partial charge in [-0.25, -0.2) is 9.00 Å². The summed E-state index contributed by atoms with van der Waals surface area (Å²) in [7, 11) is 0. The summed E-state index contributed by atoms with van der Waals surface area (Å²) in [5.74, 6) is -1.70. The Morgan fingerprint density at radius 3 is 2.56 bits per heavy atom. The minimum absolute atomic E-state index is 0.0239. The molecule has 0 saturated heterocycles. The lowest BCUT2D eigenvalue weighted by molar-refractivity contribution is -0.385. The monoisotopic (exact) mass is 245 g/mol. The lowest BCUT2D eigenvalue weighted by Gasteiger charge is -2.01. The van der Waals surface area contributed by atoms with Crippen molar-refractivity contribution in [2.45, 2.75) is 5.75 Å². The van der Waals surface area contributed by atoms with Crippen LogP contribution in [0.15, 0.2) is 18.2 Å². The smallest absolute Gasteiger partial charge is 0.335 e. The topological polar surface area (TPSA) is 118 Å². The fourth-order valence-electron chi connectivity index (χ4n) is 1.12. The predicted octanol–water partition coefficient (Wildman–Crippen LogP) is 1.01.